The summed E-state index contributed by atoms with van der Waals surface area (Å²) in [5, 5.41) is 18.0. The molecular weight excluding hydrogens is 260 g/mol. The highest BCUT2D eigenvalue weighted by molar-refractivity contribution is 5.96. The van der Waals surface area contributed by atoms with Gasteiger partial charge in [-0.05, 0) is 36.4 Å². The summed E-state index contributed by atoms with van der Waals surface area (Å²) in [5.74, 6) is -2.20. The minimum absolute atomic E-state index is 0.0503. The van der Waals surface area contributed by atoms with Gasteiger partial charge in [-0.1, -0.05) is 0 Å². The van der Waals surface area contributed by atoms with E-state index in [0.29, 0.717) is 22.5 Å². The van der Waals surface area contributed by atoms with Crippen molar-refractivity contribution in [2.24, 2.45) is 0 Å². The number of hydrogen-bond acceptors (Lipinski definition) is 4. The zero-order chi connectivity index (χ0) is 14.9. The van der Waals surface area contributed by atoms with Gasteiger partial charge in [-0.15, -0.1) is 0 Å². The SMILES string of the molecule is Nc1ccc(C(=O)O)cc1-c1cc(C(=O)O)ccc1N. The molecule has 0 aromatic heterocycles. The van der Waals surface area contributed by atoms with E-state index >= 15 is 0 Å². The highest BCUT2D eigenvalue weighted by atomic mass is 16.4. The van der Waals surface area contributed by atoms with Crippen LogP contribution in [0.3, 0.4) is 0 Å². The van der Waals surface area contributed by atoms with Gasteiger partial charge in [0.15, 0.2) is 0 Å². The van der Waals surface area contributed by atoms with Crippen LogP contribution >= 0.6 is 0 Å². The van der Waals surface area contributed by atoms with Crippen LogP contribution in [0, 0.1) is 0 Å². The molecule has 6 N–H and O–H groups in total. The van der Waals surface area contributed by atoms with Gasteiger partial charge in [-0.3, -0.25) is 0 Å². The molecule has 0 radical (unpaired) electrons. The van der Waals surface area contributed by atoms with Crippen LogP contribution in [-0.2, 0) is 0 Å². The molecule has 0 amide bonds. The molecule has 0 aliphatic rings. The summed E-state index contributed by atoms with van der Waals surface area (Å²) in [4.78, 5) is 22.0. The maximum absolute atomic E-state index is 11.0. The van der Waals surface area contributed by atoms with Crippen LogP contribution in [0.4, 0.5) is 11.4 Å². The fraction of sp³-hybridized carbons (Fsp3) is 0. The zero-order valence-electron chi connectivity index (χ0n) is 10.3. The second-order valence-corrected chi connectivity index (χ2v) is 4.21. The third-order valence-corrected chi connectivity index (χ3v) is 2.89. The highest BCUT2D eigenvalue weighted by Crippen LogP contribution is 2.32. The summed E-state index contributed by atoms with van der Waals surface area (Å²) in [6.45, 7) is 0. The second kappa shape index (κ2) is 4.93. The number of carbonyl (C=O) groups is 2. The lowest BCUT2D eigenvalue weighted by atomic mass is 9.97. The number of carboxylic acids is 2. The Morgan fingerprint density at radius 3 is 1.40 bits per heavy atom. The van der Waals surface area contributed by atoms with Gasteiger partial charge in [0.25, 0.3) is 0 Å². The van der Waals surface area contributed by atoms with Crippen molar-refractivity contribution in [1.29, 1.82) is 0 Å². The standard InChI is InChI=1S/C14H12N2O4/c15-11-3-1-7(13(17)18)5-9(11)10-6-8(14(19)20)2-4-12(10)16/h1-6H,15-16H2,(H,17,18)(H,19,20). The van der Waals surface area contributed by atoms with Gasteiger partial charge in [0, 0.05) is 22.5 Å². The van der Waals surface area contributed by atoms with E-state index in [9.17, 15) is 9.59 Å². The number of carboxylic acid groups (broad SMARTS) is 2. The normalized spacial score (nSPS) is 10.2. The van der Waals surface area contributed by atoms with E-state index in [1.807, 2.05) is 0 Å². The lowest BCUT2D eigenvalue weighted by Crippen LogP contribution is -2.02. The van der Waals surface area contributed by atoms with Crippen LogP contribution in [-0.4, -0.2) is 22.2 Å². The molecular formula is C14H12N2O4. The summed E-state index contributed by atoms with van der Waals surface area (Å²) in [6.07, 6.45) is 0. The average Bonchev–Trinajstić information content (AvgIpc) is 2.39. The Hall–Kier alpha value is -3.02. The number of nitrogens with two attached hydrogens (primary N) is 2. The van der Waals surface area contributed by atoms with Crippen molar-refractivity contribution in [1.82, 2.24) is 0 Å². The van der Waals surface area contributed by atoms with Crippen LogP contribution in [0.5, 0.6) is 0 Å². The summed E-state index contributed by atoms with van der Waals surface area (Å²) in [7, 11) is 0. The first kappa shape index (κ1) is 13.4. The molecule has 0 heterocycles. The Bertz CT molecular complexity index is 649. The van der Waals surface area contributed by atoms with Crippen molar-refractivity contribution in [2.45, 2.75) is 0 Å². The van der Waals surface area contributed by atoms with Gasteiger partial charge in [0.1, 0.15) is 0 Å². The lowest BCUT2D eigenvalue weighted by molar-refractivity contribution is 0.0686. The first-order chi connectivity index (χ1) is 9.40. The van der Waals surface area contributed by atoms with E-state index in [1.54, 1.807) is 0 Å². The van der Waals surface area contributed by atoms with Crippen molar-refractivity contribution in [3.8, 4) is 11.1 Å². The third-order valence-electron chi connectivity index (χ3n) is 2.89. The molecule has 2 aromatic rings. The van der Waals surface area contributed by atoms with Gasteiger partial charge >= 0.3 is 11.9 Å². The van der Waals surface area contributed by atoms with Crippen molar-refractivity contribution >= 4 is 23.3 Å². The van der Waals surface area contributed by atoms with E-state index in [-0.39, 0.29) is 11.1 Å². The molecule has 102 valence electrons. The zero-order valence-corrected chi connectivity index (χ0v) is 10.3. The number of anilines is 2. The number of nitrogen functional groups attached to an aromatic ring is 2. The van der Waals surface area contributed by atoms with Crippen LogP contribution in [0.15, 0.2) is 36.4 Å². The number of benzene rings is 2. The Morgan fingerprint density at radius 2 is 1.10 bits per heavy atom. The molecule has 2 aromatic carbocycles. The first-order valence-corrected chi connectivity index (χ1v) is 5.66. The highest BCUT2D eigenvalue weighted by Gasteiger charge is 2.13. The summed E-state index contributed by atoms with van der Waals surface area (Å²) >= 11 is 0. The van der Waals surface area contributed by atoms with E-state index < -0.39 is 11.9 Å². The first-order valence-electron chi connectivity index (χ1n) is 5.66. The van der Waals surface area contributed by atoms with Crippen molar-refractivity contribution < 1.29 is 19.8 Å². The maximum Gasteiger partial charge on any atom is 0.335 e. The summed E-state index contributed by atoms with van der Waals surface area (Å²) in [6, 6.07) is 8.39. The molecule has 0 unspecified atom stereocenters. The number of hydrogen-bond donors (Lipinski definition) is 4. The molecule has 0 spiro atoms. The second-order valence-electron chi connectivity index (χ2n) is 4.21. The van der Waals surface area contributed by atoms with Gasteiger partial charge in [0.2, 0.25) is 0 Å². The monoisotopic (exact) mass is 272 g/mol. The van der Waals surface area contributed by atoms with E-state index in [4.69, 9.17) is 21.7 Å². The molecule has 0 bridgehead atoms. The van der Waals surface area contributed by atoms with Gasteiger partial charge in [0.05, 0.1) is 11.1 Å². The predicted octanol–water partition coefficient (Wildman–Crippen LogP) is 1.91. The van der Waals surface area contributed by atoms with Crippen LogP contribution in [0.1, 0.15) is 20.7 Å². The third kappa shape index (κ3) is 2.39. The Balaban J connectivity index is 2.67. The Kier molecular flexibility index (Phi) is 3.30. The van der Waals surface area contributed by atoms with Crippen LogP contribution in [0.2, 0.25) is 0 Å². The fourth-order valence-corrected chi connectivity index (χ4v) is 1.85. The summed E-state index contributed by atoms with van der Waals surface area (Å²) < 4.78 is 0. The molecule has 0 saturated carbocycles. The van der Waals surface area contributed by atoms with Crippen molar-refractivity contribution in [3.63, 3.8) is 0 Å². The molecule has 0 aliphatic heterocycles. The van der Waals surface area contributed by atoms with E-state index in [1.165, 1.54) is 36.4 Å². The molecule has 2 rings (SSSR count). The molecule has 6 heteroatoms. The molecule has 0 saturated heterocycles. The quantitative estimate of drug-likeness (QED) is 0.632. The fourth-order valence-electron chi connectivity index (χ4n) is 1.85. The average molecular weight is 272 g/mol. The molecule has 0 aliphatic carbocycles. The predicted molar refractivity (Wildman–Crippen MR) is 74.6 cm³/mol. The van der Waals surface area contributed by atoms with E-state index in [2.05, 4.69) is 0 Å². The van der Waals surface area contributed by atoms with E-state index in [0.717, 1.165) is 0 Å². The molecule has 20 heavy (non-hydrogen) atoms. The maximum atomic E-state index is 11.0. The minimum Gasteiger partial charge on any atom is -0.478 e. The van der Waals surface area contributed by atoms with Crippen LogP contribution < -0.4 is 11.5 Å². The van der Waals surface area contributed by atoms with Gasteiger partial charge in [-0.25, -0.2) is 9.59 Å². The minimum atomic E-state index is -1.10. The molecule has 0 fully saturated rings. The largest absolute Gasteiger partial charge is 0.478 e. The smallest absolute Gasteiger partial charge is 0.335 e. The Morgan fingerprint density at radius 1 is 0.750 bits per heavy atom. The summed E-state index contributed by atoms with van der Waals surface area (Å²) in [5.41, 5.74) is 13.2. The Labute approximate surface area is 114 Å². The van der Waals surface area contributed by atoms with Gasteiger partial charge in [-0.2, -0.15) is 0 Å². The van der Waals surface area contributed by atoms with Gasteiger partial charge < -0.3 is 21.7 Å². The molecule has 6 nitrogen and oxygen atoms in total. The van der Waals surface area contributed by atoms with Crippen molar-refractivity contribution in [3.05, 3.63) is 47.5 Å². The lowest BCUT2D eigenvalue weighted by Gasteiger charge is -2.11. The topological polar surface area (TPSA) is 127 Å². The number of rotatable bonds is 3. The van der Waals surface area contributed by atoms with Crippen LogP contribution in [0.25, 0.3) is 11.1 Å². The van der Waals surface area contributed by atoms with Crippen molar-refractivity contribution in [2.75, 3.05) is 11.5 Å². The number of aromatic carboxylic acids is 2. The molecule has 0 atom stereocenters.